The van der Waals surface area contributed by atoms with Crippen LogP contribution in [0.2, 0.25) is 0 Å². The number of carbonyl (C=O) groups excluding carboxylic acids is 1. The molecular weight excluding hydrogens is 312 g/mol. The monoisotopic (exact) mass is 332 g/mol. The van der Waals surface area contributed by atoms with Crippen molar-refractivity contribution in [2.45, 2.75) is 44.1 Å². The van der Waals surface area contributed by atoms with Crippen molar-refractivity contribution >= 4 is 27.9 Å². The molecule has 0 aromatic rings. The summed E-state index contributed by atoms with van der Waals surface area (Å²) in [7, 11) is 1.68. The molecular formula is C13H21BrN2O3. The van der Waals surface area contributed by atoms with Gasteiger partial charge in [-0.1, -0.05) is 41.8 Å². The number of nitrogens with one attached hydrogen (secondary N) is 1. The molecule has 2 N–H and O–H groups in total. The number of halogens is 1. The highest BCUT2D eigenvalue weighted by Gasteiger charge is 2.40. The van der Waals surface area contributed by atoms with E-state index < -0.39 is 11.5 Å². The Morgan fingerprint density at radius 3 is 2.42 bits per heavy atom. The van der Waals surface area contributed by atoms with Crippen molar-refractivity contribution in [1.82, 2.24) is 10.2 Å². The van der Waals surface area contributed by atoms with Crippen LogP contribution in [0.25, 0.3) is 0 Å². The Balaban J connectivity index is 2.75. The number of carboxylic acid groups (broad SMARTS) is 1. The van der Waals surface area contributed by atoms with E-state index in [1.54, 1.807) is 11.9 Å². The summed E-state index contributed by atoms with van der Waals surface area (Å²) in [5, 5.41) is 11.8. The molecule has 19 heavy (non-hydrogen) atoms. The van der Waals surface area contributed by atoms with Gasteiger partial charge >= 0.3 is 12.0 Å². The molecule has 1 rings (SSSR count). The average molecular weight is 333 g/mol. The van der Waals surface area contributed by atoms with E-state index >= 15 is 0 Å². The predicted molar refractivity (Wildman–Crippen MR) is 77.3 cm³/mol. The van der Waals surface area contributed by atoms with E-state index in [1.165, 1.54) is 0 Å². The minimum atomic E-state index is -0.855. The zero-order valence-electron chi connectivity index (χ0n) is 11.2. The maximum atomic E-state index is 12.1. The number of carboxylic acids is 1. The topological polar surface area (TPSA) is 69.6 Å². The lowest BCUT2D eigenvalue weighted by Gasteiger charge is -2.43. The second-order valence-corrected chi connectivity index (χ2v) is 6.21. The first-order valence-corrected chi connectivity index (χ1v) is 7.23. The standard InChI is InChI=1S/C13H21BrN2O3/c1-10(14)9-15-12(19)16(2)13(8-11(17)18)6-4-3-5-7-13/h1,3-9H2,2H3,(H,15,19)(H,17,18). The summed E-state index contributed by atoms with van der Waals surface area (Å²) < 4.78 is 0.685. The summed E-state index contributed by atoms with van der Waals surface area (Å²) in [6.45, 7) is 3.99. The first-order chi connectivity index (χ1) is 8.87. The van der Waals surface area contributed by atoms with Crippen molar-refractivity contribution in [3.05, 3.63) is 11.1 Å². The molecule has 1 aliphatic rings. The Labute approximate surface area is 122 Å². The van der Waals surface area contributed by atoms with Gasteiger partial charge in [0.15, 0.2) is 0 Å². The van der Waals surface area contributed by atoms with Crippen LogP contribution < -0.4 is 5.32 Å². The lowest BCUT2D eigenvalue weighted by atomic mass is 9.78. The van der Waals surface area contributed by atoms with E-state index in [1.807, 2.05) is 0 Å². The number of carbonyl (C=O) groups is 2. The van der Waals surface area contributed by atoms with Crippen LogP contribution in [0.5, 0.6) is 0 Å². The van der Waals surface area contributed by atoms with E-state index in [9.17, 15) is 9.59 Å². The zero-order chi connectivity index (χ0) is 14.5. The summed E-state index contributed by atoms with van der Waals surface area (Å²) in [5.74, 6) is -0.855. The molecule has 108 valence electrons. The molecule has 1 saturated carbocycles. The van der Waals surface area contributed by atoms with Crippen molar-refractivity contribution in [3.63, 3.8) is 0 Å². The molecule has 5 nitrogen and oxygen atoms in total. The fraction of sp³-hybridized carbons (Fsp3) is 0.692. The van der Waals surface area contributed by atoms with Crippen LogP contribution in [0.1, 0.15) is 38.5 Å². The highest BCUT2D eigenvalue weighted by molar-refractivity contribution is 9.11. The summed E-state index contributed by atoms with van der Waals surface area (Å²) in [4.78, 5) is 24.7. The van der Waals surface area contributed by atoms with Crippen LogP contribution in [-0.2, 0) is 4.79 Å². The maximum absolute atomic E-state index is 12.1. The van der Waals surface area contributed by atoms with Gasteiger partial charge in [0.05, 0.1) is 18.5 Å². The lowest BCUT2D eigenvalue weighted by Crippen LogP contribution is -2.55. The number of rotatable bonds is 5. The predicted octanol–water partition coefficient (Wildman–Crippen LogP) is 2.71. The van der Waals surface area contributed by atoms with Gasteiger partial charge in [-0.3, -0.25) is 4.79 Å². The Morgan fingerprint density at radius 1 is 1.37 bits per heavy atom. The average Bonchev–Trinajstić information content (AvgIpc) is 2.35. The number of hydrogen-bond acceptors (Lipinski definition) is 2. The van der Waals surface area contributed by atoms with Gasteiger partial charge in [0, 0.05) is 11.5 Å². The smallest absolute Gasteiger partial charge is 0.317 e. The van der Waals surface area contributed by atoms with Crippen LogP contribution in [0.3, 0.4) is 0 Å². The molecule has 0 saturated heterocycles. The van der Waals surface area contributed by atoms with Crippen molar-refractivity contribution in [1.29, 1.82) is 0 Å². The van der Waals surface area contributed by atoms with Crippen molar-refractivity contribution < 1.29 is 14.7 Å². The van der Waals surface area contributed by atoms with Crippen molar-refractivity contribution in [3.8, 4) is 0 Å². The highest BCUT2D eigenvalue weighted by atomic mass is 79.9. The first-order valence-electron chi connectivity index (χ1n) is 6.44. The van der Waals surface area contributed by atoms with Gasteiger partial charge in [0.2, 0.25) is 0 Å². The third kappa shape index (κ3) is 4.53. The second-order valence-electron chi connectivity index (χ2n) is 5.09. The molecule has 0 aromatic heterocycles. The maximum Gasteiger partial charge on any atom is 0.317 e. The normalized spacial score (nSPS) is 17.6. The molecule has 0 aromatic carbocycles. The first kappa shape index (κ1) is 16.0. The summed E-state index contributed by atoms with van der Waals surface area (Å²) in [5.41, 5.74) is -0.554. The minimum absolute atomic E-state index is 0.00613. The van der Waals surface area contributed by atoms with Gasteiger partial charge < -0.3 is 15.3 Å². The van der Waals surface area contributed by atoms with Gasteiger partial charge in [0.25, 0.3) is 0 Å². The van der Waals surface area contributed by atoms with Crippen LogP contribution in [0.4, 0.5) is 4.79 Å². The van der Waals surface area contributed by atoms with Gasteiger partial charge in [-0.15, -0.1) is 0 Å². The Morgan fingerprint density at radius 2 is 1.95 bits per heavy atom. The number of amides is 2. The van der Waals surface area contributed by atoms with Gasteiger partial charge in [0.1, 0.15) is 0 Å². The molecule has 6 heteroatoms. The SMILES string of the molecule is C=C(Br)CNC(=O)N(C)C1(CC(=O)O)CCCCC1. The fourth-order valence-corrected chi connectivity index (χ4v) is 2.77. The quantitative estimate of drug-likeness (QED) is 0.813. The van der Waals surface area contributed by atoms with E-state index in [0.717, 1.165) is 32.1 Å². The molecule has 0 unspecified atom stereocenters. The number of nitrogens with zero attached hydrogens (tertiary/aromatic N) is 1. The Kier molecular flexibility index (Phi) is 5.85. The molecule has 0 spiro atoms. The van der Waals surface area contributed by atoms with E-state index in [4.69, 9.17) is 5.11 Å². The molecule has 2 amide bonds. The lowest BCUT2D eigenvalue weighted by molar-refractivity contribution is -0.140. The zero-order valence-corrected chi connectivity index (χ0v) is 12.8. The molecule has 0 aliphatic heterocycles. The molecule has 1 aliphatic carbocycles. The number of hydrogen-bond donors (Lipinski definition) is 2. The van der Waals surface area contributed by atoms with Crippen molar-refractivity contribution in [2.24, 2.45) is 0 Å². The molecule has 1 fully saturated rings. The van der Waals surface area contributed by atoms with Crippen LogP contribution >= 0.6 is 15.9 Å². The Hall–Kier alpha value is -1.04. The van der Waals surface area contributed by atoms with Gasteiger partial charge in [-0.05, 0) is 12.8 Å². The summed E-state index contributed by atoms with van der Waals surface area (Å²) in [6.07, 6.45) is 4.55. The largest absolute Gasteiger partial charge is 0.481 e. The molecule has 0 bridgehead atoms. The second kappa shape index (κ2) is 6.93. The van der Waals surface area contributed by atoms with Crippen LogP contribution in [0, 0.1) is 0 Å². The number of urea groups is 1. The Bertz CT molecular complexity index is 365. The van der Waals surface area contributed by atoms with Crippen LogP contribution in [-0.4, -0.2) is 41.1 Å². The van der Waals surface area contributed by atoms with Crippen LogP contribution in [0.15, 0.2) is 11.1 Å². The fourth-order valence-electron chi connectivity index (χ4n) is 2.63. The molecule has 0 radical (unpaired) electrons. The minimum Gasteiger partial charge on any atom is -0.481 e. The van der Waals surface area contributed by atoms with Crippen molar-refractivity contribution in [2.75, 3.05) is 13.6 Å². The molecule has 0 atom stereocenters. The van der Waals surface area contributed by atoms with Gasteiger partial charge in [-0.2, -0.15) is 0 Å². The summed E-state index contributed by atoms with van der Waals surface area (Å²) >= 11 is 3.18. The van der Waals surface area contributed by atoms with E-state index in [2.05, 4.69) is 27.8 Å². The van der Waals surface area contributed by atoms with E-state index in [0.29, 0.717) is 11.0 Å². The highest BCUT2D eigenvalue weighted by Crippen LogP contribution is 2.35. The third-order valence-electron chi connectivity index (χ3n) is 3.71. The third-order valence-corrected chi connectivity index (χ3v) is 3.99. The summed E-state index contributed by atoms with van der Waals surface area (Å²) in [6, 6.07) is -0.247. The van der Waals surface area contributed by atoms with E-state index in [-0.39, 0.29) is 12.5 Å². The van der Waals surface area contributed by atoms with Gasteiger partial charge in [-0.25, -0.2) is 4.79 Å². The molecule has 0 heterocycles. The number of aliphatic carboxylic acids is 1.